The van der Waals surface area contributed by atoms with E-state index < -0.39 is 0 Å². The molecule has 0 saturated carbocycles. The predicted octanol–water partition coefficient (Wildman–Crippen LogP) is 3.62. The predicted molar refractivity (Wildman–Crippen MR) is 107 cm³/mol. The van der Waals surface area contributed by atoms with Gasteiger partial charge in [-0.3, -0.25) is 14.7 Å². The van der Waals surface area contributed by atoms with Crippen LogP contribution >= 0.6 is 0 Å². The number of piperidine rings is 1. The van der Waals surface area contributed by atoms with Crippen molar-refractivity contribution in [3.05, 3.63) is 58.4 Å². The van der Waals surface area contributed by atoms with E-state index in [0.29, 0.717) is 12.1 Å². The van der Waals surface area contributed by atoms with Crippen molar-refractivity contribution in [2.75, 3.05) is 20.2 Å². The lowest BCUT2D eigenvalue weighted by Gasteiger charge is -2.26. The second kappa shape index (κ2) is 9.00. The molecule has 5 heteroatoms. The number of nitrogens with zero attached hydrogens (tertiary/aromatic N) is 2. The van der Waals surface area contributed by atoms with Gasteiger partial charge < -0.3 is 10.1 Å². The van der Waals surface area contributed by atoms with Gasteiger partial charge in [-0.1, -0.05) is 18.6 Å². The van der Waals surface area contributed by atoms with Crippen molar-refractivity contribution in [1.29, 1.82) is 0 Å². The first-order valence-corrected chi connectivity index (χ1v) is 9.67. The first kappa shape index (κ1) is 19.4. The van der Waals surface area contributed by atoms with Gasteiger partial charge in [0.1, 0.15) is 5.75 Å². The summed E-state index contributed by atoms with van der Waals surface area (Å²) >= 11 is 0. The number of pyridine rings is 1. The maximum Gasteiger partial charge on any atom is 0.251 e. The highest BCUT2D eigenvalue weighted by molar-refractivity contribution is 5.94. The van der Waals surface area contributed by atoms with Crippen LogP contribution < -0.4 is 10.1 Å². The van der Waals surface area contributed by atoms with Gasteiger partial charge in [-0.05, 0) is 57.5 Å². The summed E-state index contributed by atoms with van der Waals surface area (Å²) < 4.78 is 5.43. The number of aromatic nitrogens is 1. The van der Waals surface area contributed by atoms with E-state index in [1.165, 1.54) is 37.9 Å². The molecule has 144 valence electrons. The Morgan fingerprint density at radius 3 is 2.52 bits per heavy atom. The summed E-state index contributed by atoms with van der Waals surface area (Å²) in [5.74, 6) is 0.747. The molecule has 5 nitrogen and oxygen atoms in total. The summed E-state index contributed by atoms with van der Waals surface area (Å²) in [6, 6.07) is 7.93. The average Bonchev–Trinajstić information content (AvgIpc) is 2.69. The molecule has 1 aromatic heterocycles. The molecule has 1 N–H and O–H groups in total. The number of hydrogen-bond donors (Lipinski definition) is 1. The molecule has 27 heavy (non-hydrogen) atoms. The summed E-state index contributed by atoms with van der Waals surface area (Å²) in [5.41, 5.74) is 4.72. The number of amides is 1. The van der Waals surface area contributed by atoms with Gasteiger partial charge >= 0.3 is 0 Å². The van der Waals surface area contributed by atoms with Crippen LogP contribution in [-0.4, -0.2) is 36.0 Å². The van der Waals surface area contributed by atoms with Gasteiger partial charge in [0.05, 0.1) is 19.3 Å². The van der Waals surface area contributed by atoms with Gasteiger partial charge in [-0.25, -0.2) is 0 Å². The molecule has 3 rings (SSSR count). The van der Waals surface area contributed by atoms with Crippen LogP contribution in [0.4, 0.5) is 0 Å². The second-order valence-electron chi connectivity index (χ2n) is 7.26. The van der Waals surface area contributed by atoms with E-state index in [1.807, 2.05) is 26.0 Å². The van der Waals surface area contributed by atoms with E-state index in [9.17, 15) is 4.79 Å². The molecule has 1 saturated heterocycles. The fraction of sp³-hybridized carbons (Fsp3) is 0.455. The van der Waals surface area contributed by atoms with Gasteiger partial charge in [0, 0.05) is 29.4 Å². The molecule has 1 aromatic carbocycles. The lowest BCUT2D eigenvalue weighted by molar-refractivity contribution is 0.0950. The highest BCUT2D eigenvalue weighted by atomic mass is 16.5. The lowest BCUT2D eigenvalue weighted by atomic mass is 10.1. The van der Waals surface area contributed by atoms with Crippen LogP contribution in [0.3, 0.4) is 0 Å². The summed E-state index contributed by atoms with van der Waals surface area (Å²) in [4.78, 5) is 19.4. The third-order valence-electron chi connectivity index (χ3n) is 5.24. The van der Waals surface area contributed by atoms with Crippen molar-refractivity contribution in [3.8, 4) is 5.75 Å². The zero-order chi connectivity index (χ0) is 19.2. The largest absolute Gasteiger partial charge is 0.496 e. The molecule has 0 bridgehead atoms. The van der Waals surface area contributed by atoms with Crippen molar-refractivity contribution in [2.45, 2.75) is 46.2 Å². The van der Waals surface area contributed by atoms with Crippen molar-refractivity contribution in [3.63, 3.8) is 0 Å². The Kier molecular flexibility index (Phi) is 6.45. The zero-order valence-corrected chi connectivity index (χ0v) is 16.5. The molecular weight excluding hydrogens is 338 g/mol. The zero-order valence-electron chi connectivity index (χ0n) is 16.5. The highest BCUT2D eigenvalue weighted by Crippen LogP contribution is 2.23. The Hall–Kier alpha value is -2.40. The highest BCUT2D eigenvalue weighted by Gasteiger charge is 2.13. The maximum absolute atomic E-state index is 12.5. The third-order valence-corrected chi connectivity index (χ3v) is 5.24. The van der Waals surface area contributed by atoms with Crippen LogP contribution in [0, 0.1) is 13.8 Å². The van der Waals surface area contributed by atoms with Gasteiger partial charge in [-0.15, -0.1) is 0 Å². The molecule has 0 unspecified atom stereocenters. The van der Waals surface area contributed by atoms with E-state index in [4.69, 9.17) is 4.74 Å². The Morgan fingerprint density at radius 1 is 1.15 bits per heavy atom. The molecule has 1 aliphatic heterocycles. The number of rotatable bonds is 6. The average molecular weight is 367 g/mol. The van der Waals surface area contributed by atoms with Crippen molar-refractivity contribution in [1.82, 2.24) is 15.2 Å². The Labute approximate surface area is 161 Å². The van der Waals surface area contributed by atoms with Crippen LogP contribution in [0.1, 0.15) is 52.0 Å². The lowest BCUT2D eigenvalue weighted by Crippen LogP contribution is -2.29. The molecule has 1 amide bonds. The topological polar surface area (TPSA) is 54.5 Å². The number of ether oxygens (including phenoxy) is 1. The number of carbonyl (C=O) groups excluding carboxylic acids is 1. The van der Waals surface area contributed by atoms with E-state index in [1.54, 1.807) is 13.3 Å². The van der Waals surface area contributed by atoms with E-state index >= 15 is 0 Å². The molecule has 1 fully saturated rings. The second-order valence-corrected chi connectivity index (χ2v) is 7.26. The van der Waals surface area contributed by atoms with Crippen LogP contribution in [0.5, 0.6) is 5.75 Å². The van der Waals surface area contributed by atoms with E-state index in [2.05, 4.69) is 27.3 Å². The monoisotopic (exact) mass is 367 g/mol. The summed E-state index contributed by atoms with van der Waals surface area (Å²) in [6.07, 6.45) is 5.70. The normalized spacial score (nSPS) is 14.8. The Bertz CT molecular complexity index is 781. The molecular formula is C22H29N3O2. The Balaban J connectivity index is 1.58. The number of hydrogen-bond acceptors (Lipinski definition) is 4. The maximum atomic E-state index is 12.5. The molecule has 2 heterocycles. The number of aryl methyl sites for hydroxylation is 1. The Morgan fingerprint density at radius 2 is 1.85 bits per heavy atom. The minimum Gasteiger partial charge on any atom is -0.496 e. The van der Waals surface area contributed by atoms with Gasteiger partial charge in [-0.2, -0.15) is 0 Å². The van der Waals surface area contributed by atoms with Gasteiger partial charge in [0.25, 0.3) is 5.91 Å². The fourth-order valence-corrected chi connectivity index (χ4v) is 3.65. The summed E-state index contributed by atoms with van der Waals surface area (Å²) in [6.45, 7) is 7.64. The van der Waals surface area contributed by atoms with Crippen molar-refractivity contribution in [2.24, 2.45) is 0 Å². The number of likely N-dealkylation sites (tertiary alicyclic amines) is 1. The van der Waals surface area contributed by atoms with Crippen molar-refractivity contribution >= 4 is 5.91 Å². The number of nitrogens with one attached hydrogen (secondary N) is 1. The van der Waals surface area contributed by atoms with Crippen LogP contribution in [-0.2, 0) is 13.1 Å². The standard InChI is InChI=1S/C22H29N3O2/c1-16-13-23-20(17(2)21(16)27-3)14-24-22(26)19-9-7-18(8-10-19)15-25-11-5-4-6-12-25/h7-10,13H,4-6,11-12,14-15H2,1-3H3,(H,24,26). The summed E-state index contributed by atoms with van der Waals surface area (Å²) in [5, 5.41) is 2.96. The minimum atomic E-state index is -0.0831. The summed E-state index contributed by atoms with van der Waals surface area (Å²) in [7, 11) is 1.66. The molecule has 0 aliphatic carbocycles. The van der Waals surface area contributed by atoms with E-state index in [0.717, 1.165) is 29.1 Å². The fourth-order valence-electron chi connectivity index (χ4n) is 3.65. The quantitative estimate of drug-likeness (QED) is 0.847. The molecule has 0 spiro atoms. The van der Waals surface area contributed by atoms with E-state index in [-0.39, 0.29) is 5.91 Å². The van der Waals surface area contributed by atoms with Gasteiger partial charge in [0.2, 0.25) is 0 Å². The van der Waals surface area contributed by atoms with Crippen LogP contribution in [0.15, 0.2) is 30.5 Å². The third kappa shape index (κ3) is 4.86. The molecule has 0 radical (unpaired) electrons. The number of carbonyl (C=O) groups is 1. The molecule has 0 atom stereocenters. The number of benzene rings is 1. The van der Waals surface area contributed by atoms with Crippen LogP contribution in [0.2, 0.25) is 0 Å². The first-order valence-electron chi connectivity index (χ1n) is 9.67. The first-order chi connectivity index (χ1) is 13.1. The molecule has 1 aliphatic rings. The minimum absolute atomic E-state index is 0.0831. The molecule has 2 aromatic rings. The van der Waals surface area contributed by atoms with Crippen LogP contribution in [0.25, 0.3) is 0 Å². The smallest absolute Gasteiger partial charge is 0.251 e. The number of methoxy groups -OCH3 is 1. The van der Waals surface area contributed by atoms with Crippen molar-refractivity contribution < 1.29 is 9.53 Å². The SMILES string of the molecule is COc1c(C)cnc(CNC(=O)c2ccc(CN3CCCCC3)cc2)c1C. The van der Waals surface area contributed by atoms with Gasteiger partial charge in [0.15, 0.2) is 0 Å².